The predicted octanol–water partition coefficient (Wildman–Crippen LogP) is 3.66. The molecule has 1 aromatic heterocycles. The van der Waals surface area contributed by atoms with Crippen LogP contribution in [0.15, 0.2) is 24.5 Å². The van der Waals surface area contributed by atoms with Crippen molar-refractivity contribution in [3.8, 4) is 6.07 Å². The van der Waals surface area contributed by atoms with Gasteiger partial charge in [-0.3, -0.25) is 9.78 Å². The van der Waals surface area contributed by atoms with Crippen LogP contribution in [0.25, 0.3) is 0 Å². The lowest BCUT2D eigenvalue weighted by atomic mass is 9.65. The Hall–Kier alpha value is -2.62. The van der Waals surface area contributed by atoms with Gasteiger partial charge in [-0.1, -0.05) is 0 Å². The Labute approximate surface area is 166 Å². The second kappa shape index (κ2) is 9.05. The van der Waals surface area contributed by atoms with Gasteiger partial charge in [-0.15, -0.1) is 0 Å². The van der Waals surface area contributed by atoms with Crippen LogP contribution >= 0.6 is 0 Å². The number of carbonyl (C=O) groups is 2. The molecule has 0 spiro atoms. The molecule has 0 N–H and O–H groups in total. The number of piperidine rings is 1. The largest absolute Gasteiger partial charge is 0.466 e. The van der Waals surface area contributed by atoms with Crippen molar-refractivity contribution in [3.05, 3.63) is 30.1 Å². The van der Waals surface area contributed by atoms with Gasteiger partial charge in [0, 0.05) is 30.9 Å². The van der Waals surface area contributed by atoms with E-state index in [2.05, 4.69) is 11.1 Å². The van der Waals surface area contributed by atoms with E-state index in [-0.39, 0.29) is 18.5 Å². The van der Waals surface area contributed by atoms with Gasteiger partial charge in [-0.2, -0.15) is 5.26 Å². The second-order valence-corrected chi connectivity index (χ2v) is 8.15. The zero-order valence-corrected chi connectivity index (χ0v) is 17.1. The zero-order valence-electron chi connectivity index (χ0n) is 17.1. The molecular formula is C21H29N3O4. The Morgan fingerprint density at radius 1 is 1.29 bits per heavy atom. The number of esters is 1. The third-order valence-corrected chi connectivity index (χ3v) is 4.99. The number of amides is 1. The van der Waals surface area contributed by atoms with Gasteiger partial charge >= 0.3 is 12.1 Å². The number of hydrogen-bond acceptors (Lipinski definition) is 6. The molecule has 0 saturated carbocycles. The minimum absolute atomic E-state index is 0.142. The summed E-state index contributed by atoms with van der Waals surface area (Å²) < 4.78 is 10.6. The maximum atomic E-state index is 12.4. The summed E-state index contributed by atoms with van der Waals surface area (Å²) in [6, 6.07) is 6.00. The van der Waals surface area contributed by atoms with Crippen molar-refractivity contribution in [2.45, 2.75) is 58.5 Å². The summed E-state index contributed by atoms with van der Waals surface area (Å²) in [6.45, 7) is 8.40. The van der Waals surface area contributed by atoms with Gasteiger partial charge in [0.25, 0.3) is 0 Å². The number of ether oxygens (including phenoxy) is 2. The Kier molecular flexibility index (Phi) is 7.00. The summed E-state index contributed by atoms with van der Waals surface area (Å²) in [6.07, 6.45) is 4.11. The molecule has 2 heterocycles. The van der Waals surface area contributed by atoms with E-state index in [1.165, 1.54) is 0 Å². The summed E-state index contributed by atoms with van der Waals surface area (Å²) in [5.41, 5.74) is -0.337. The van der Waals surface area contributed by atoms with Gasteiger partial charge in [-0.25, -0.2) is 4.79 Å². The van der Waals surface area contributed by atoms with Crippen LogP contribution in [-0.4, -0.2) is 47.2 Å². The van der Waals surface area contributed by atoms with Crippen LogP contribution in [0.5, 0.6) is 0 Å². The van der Waals surface area contributed by atoms with E-state index >= 15 is 0 Å². The van der Waals surface area contributed by atoms with Crippen LogP contribution in [0, 0.1) is 16.7 Å². The maximum Gasteiger partial charge on any atom is 0.410 e. The lowest BCUT2D eigenvalue weighted by molar-refractivity contribution is -0.147. The van der Waals surface area contributed by atoms with Crippen molar-refractivity contribution in [3.63, 3.8) is 0 Å². The van der Waals surface area contributed by atoms with Crippen molar-refractivity contribution < 1.29 is 19.1 Å². The van der Waals surface area contributed by atoms with Crippen LogP contribution in [-0.2, 0) is 14.3 Å². The molecule has 2 rings (SSSR count). The molecule has 1 aliphatic rings. The summed E-state index contributed by atoms with van der Waals surface area (Å²) in [5, 5.41) is 9.94. The highest BCUT2D eigenvalue weighted by Gasteiger charge is 2.45. The van der Waals surface area contributed by atoms with E-state index < -0.39 is 16.9 Å². The Morgan fingerprint density at radius 3 is 2.39 bits per heavy atom. The molecule has 0 radical (unpaired) electrons. The molecule has 1 atom stereocenters. The molecule has 0 aromatic carbocycles. The van der Waals surface area contributed by atoms with Gasteiger partial charge in [-0.05, 0) is 58.2 Å². The molecule has 1 amide bonds. The molecule has 152 valence electrons. The lowest BCUT2D eigenvalue weighted by Crippen LogP contribution is -2.47. The number of rotatable bonds is 5. The summed E-state index contributed by atoms with van der Waals surface area (Å²) in [4.78, 5) is 30.4. The van der Waals surface area contributed by atoms with E-state index in [0.29, 0.717) is 32.5 Å². The lowest BCUT2D eigenvalue weighted by Gasteiger charge is -2.44. The normalized spacial score (nSPS) is 17.3. The number of nitrogens with zero attached hydrogens (tertiary/aromatic N) is 3. The van der Waals surface area contributed by atoms with Crippen molar-refractivity contribution >= 4 is 12.1 Å². The molecule has 0 bridgehead atoms. The molecule has 1 fully saturated rings. The third kappa shape index (κ3) is 5.44. The number of likely N-dealkylation sites (tertiary alicyclic amines) is 1. The topological polar surface area (TPSA) is 92.5 Å². The average Bonchev–Trinajstić information content (AvgIpc) is 2.62. The Bertz CT molecular complexity index is 713. The van der Waals surface area contributed by atoms with Crippen molar-refractivity contribution in [2.24, 2.45) is 5.41 Å². The SMILES string of the molecule is CCOC(=O)CC1(C(C#N)c2ccncc2)CCN(C(=O)OC(C)(C)C)CC1. The van der Waals surface area contributed by atoms with Crippen LogP contribution < -0.4 is 0 Å². The van der Waals surface area contributed by atoms with E-state index in [1.54, 1.807) is 36.4 Å². The zero-order chi connectivity index (χ0) is 20.8. The first-order valence-electron chi connectivity index (χ1n) is 9.64. The molecule has 7 nitrogen and oxygen atoms in total. The van der Waals surface area contributed by atoms with Gasteiger partial charge < -0.3 is 14.4 Å². The van der Waals surface area contributed by atoms with Gasteiger partial charge in [0.2, 0.25) is 0 Å². The molecule has 1 unspecified atom stereocenters. The van der Waals surface area contributed by atoms with Crippen LogP contribution in [0.4, 0.5) is 4.79 Å². The van der Waals surface area contributed by atoms with Gasteiger partial charge in [0.1, 0.15) is 5.60 Å². The number of hydrogen-bond donors (Lipinski definition) is 0. The predicted molar refractivity (Wildman–Crippen MR) is 103 cm³/mol. The fraction of sp³-hybridized carbons (Fsp3) is 0.619. The number of pyridine rings is 1. The first-order chi connectivity index (χ1) is 13.2. The first-order valence-corrected chi connectivity index (χ1v) is 9.64. The van der Waals surface area contributed by atoms with Gasteiger partial charge in [0.05, 0.1) is 25.0 Å². The Balaban J connectivity index is 2.23. The molecule has 1 saturated heterocycles. The highest BCUT2D eigenvalue weighted by molar-refractivity contribution is 5.71. The highest BCUT2D eigenvalue weighted by Crippen LogP contribution is 2.47. The van der Waals surface area contributed by atoms with E-state index in [4.69, 9.17) is 9.47 Å². The van der Waals surface area contributed by atoms with Crippen molar-refractivity contribution in [1.29, 1.82) is 5.26 Å². The van der Waals surface area contributed by atoms with Crippen LogP contribution in [0.3, 0.4) is 0 Å². The monoisotopic (exact) mass is 387 g/mol. The summed E-state index contributed by atoms with van der Waals surface area (Å²) in [5.74, 6) is -0.803. The number of nitriles is 1. The maximum absolute atomic E-state index is 12.4. The smallest absolute Gasteiger partial charge is 0.410 e. The Morgan fingerprint density at radius 2 is 1.89 bits per heavy atom. The molecule has 1 aromatic rings. The molecule has 7 heteroatoms. The summed E-state index contributed by atoms with van der Waals surface area (Å²) in [7, 11) is 0. The quantitative estimate of drug-likeness (QED) is 0.716. The van der Waals surface area contributed by atoms with Crippen molar-refractivity contribution in [2.75, 3.05) is 19.7 Å². The van der Waals surface area contributed by atoms with Crippen LogP contribution in [0.2, 0.25) is 0 Å². The fourth-order valence-corrected chi connectivity index (χ4v) is 3.65. The fourth-order valence-electron chi connectivity index (χ4n) is 3.65. The summed E-state index contributed by atoms with van der Waals surface area (Å²) >= 11 is 0. The van der Waals surface area contributed by atoms with E-state index in [0.717, 1.165) is 5.56 Å². The second-order valence-electron chi connectivity index (χ2n) is 8.15. The molecule has 0 aliphatic carbocycles. The third-order valence-electron chi connectivity index (χ3n) is 4.99. The first kappa shape index (κ1) is 21.7. The molecule has 1 aliphatic heterocycles. The highest BCUT2D eigenvalue weighted by atomic mass is 16.6. The molecular weight excluding hydrogens is 358 g/mol. The number of carbonyl (C=O) groups excluding carboxylic acids is 2. The van der Waals surface area contributed by atoms with Gasteiger partial charge in [0.15, 0.2) is 0 Å². The van der Waals surface area contributed by atoms with E-state index in [9.17, 15) is 14.9 Å². The minimum atomic E-state index is -0.596. The number of aromatic nitrogens is 1. The standard InChI is InChI=1S/C21H29N3O4/c1-5-27-18(25)14-21(17(15-22)16-6-10-23-11-7-16)8-12-24(13-9-21)19(26)28-20(2,3)4/h6-7,10-11,17H,5,8-9,12-14H2,1-4H3. The minimum Gasteiger partial charge on any atom is -0.466 e. The average molecular weight is 387 g/mol. The van der Waals surface area contributed by atoms with Crippen LogP contribution in [0.1, 0.15) is 58.4 Å². The van der Waals surface area contributed by atoms with Crippen molar-refractivity contribution in [1.82, 2.24) is 9.88 Å². The molecule has 28 heavy (non-hydrogen) atoms. The van der Waals surface area contributed by atoms with E-state index in [1.807, 2.05) is 20.8 Å².